The number of nitrogens with zero attached hydrogens (tertiary/aromatic N) is 2. The molecule has 0 unspecified atom stereocenters. The maximum Gasteiger partial charge on any atom is 0.244 e. The molecule has 142 valence electrons. The first-order chi connectivity index (χ1) is 13.0. The molecule has 2 aromatic rings. The van der Waals surface area contributed by atoms with Gasteiger partial charge in [-0.2, -0.15) is 5.26 Å². The fourth-order valence-electron chi connectivity index (χ4n) is 3.30. The van der Waals surface area contributed by atoms with Crippen molar-refractivity contribution in [1.82, 2.24) is 10.2 Å². The number of aromatic nitrogens is 2. The van der Waals surface area contributed by atoms with Gasteiger partial charge in [-0.15, -0.1) is 5.10 Å². The molecular formula is C20H24N4O3. The smallest absolute Gasteiger partial charge is 0.244 e. The molecule has 0 bridgehead atoms. The second kappa shape index (κ2) is 7.62. The van der Waals surface area contributed by atoms with Gasteiger partial charge in [0.1, 0.15) is 11.6 Å². The van der Waals surface area contributed by atoms with E-state index < -0.39 is 0 Å². The molecule has 1 atom stereocenters. The monoisotopic (exact) mass is 368 g/mol. The Bertz CT molecular complexity index is 908. The molecule has 7 nitrogen and oxygen atoms in total. The van der Waals surface area contributed by atoms with Gasteiger partial charge in [0, 0.05) is 11.3 Å². The second-order valence-corrected chi connectivity index (χ2v) is 6.67. The standard InChI is InChI=1S/C20H24N4O3/c1-5-6-14-18-17(13(10-21)19(22)27-20(18)24-23-14)12-7-8-15(26-11(2)3)16(9-12)25-4/h7-9,11,17H,5-6,22H2,1-4H3,(H,23,24)/t17-/m0/s1. The van der Waals surface area contributed by atoms with Gasteiger partial charge in [-0.3, -0.25) is 5.10 Å². The number of methoxy groups -OCH3 is 1. The Morgan fingerprint density at radius 1 is 1.37 bits per heavy atom. The maximum atomic E-state index is 9.72. The third-order valence-electron chi connectivity index (χ3n) is 4.40. The minimum absolute atomic E-state index is 0.0228. The topological polar surface area (TPSA) is 106 Å². The lowest BCUT2D eigenvalue weighted by atomic mass is 9.83. The summed E-state index contributed by atoms with van der Waals surface area (Å²) >= 11 is 0. The number of fused-ring (bicyclic) bond motifs is 1. The number of nitriles is 1. The van der Waals surface area contributed by atoms with Gasteiger partial charge in [-0.1, -0.05) is 19.4 Å². The van der Waals surface area contributed by atoms with Crippen LogP contribution in [0.5, 0.6) is 17.4 Å². The first kappa shape index (κ1) is 18.6. The van der Waals surface area contributed by atoms with Crippen LogP contribution in [0.4, 0.5) is 0 Å². The molecular weight excluding hydrogens is 344 g/mol. The van der Waals surface area contributed by atoms with Crippen molar-refractivity contribution in [2.45, 2.75) is 45.6 Å². The Labute approximate surface area is 158 Å². The van der Waals surface area contributed by atoms with Crippen LogP contribution < -0.4 is 19.9 Å². The number of aryl methyl sites for hydroxylation is 1. The van der Waals surface area contributed by atoms with E-state index in [4.69, 9.17) is 19.9 Å². The molecule has 0 fully saturated rings. The summed E-state index contributed by atoms with van der Waals surface area (Å²) in [7, 11) is 1.59. The number of ether oxygens (including phenoxy) is 3. The lowest BCUT2D eigenvalue weighted by Gasteiger charge is -2.25. The van der Waals surface area contributed by atoms with Crippen molar-refractivity contribution in [3.05, 3.63) is 46.5 Å². The van der Waals surface area contributed by atoms with E-state index in [0.717, 1.165) is 29.7 Å². The van der Waals surface area contributed by atoms with E-state index in [-0.39, 0.29) is 17.9 Å². The van der Waals surface area contributed by atoms with Gasteiger partial charge in [-0.05, 0) is 38.0 Å². The molecule has 7 heteroatoms. The van der Waals surface area contributed by atoms with Gasteiger partial charge in [0.05, 0.1) is 19.1 Å². The molecule has 3 rings (SSSR count). The summed E-state index contributed by atoms with van der Waals surface area (Å²) < 4.78 is 16.9. The summed E-state index contributed by atoms with van der Waals surface area (Å²) in [6, 6.07) is 7.86. The molecule has 1 aliphatic rings. The Kier molecular flexibility index (Phi) is 5.26. The zero-order chi connectivity index (χ0) is 19.6. The Hall–Kier alpha value is -3.14. The second-order valence-electron chi connectivity index (χ2n) is 6.67. The van der Waals surface area contributed by atoms with Gasteiger partial charge in [0.15, 0.2) is 11.5 Å². The third-order valence-corrected chi connectivity index (χ3v) is 4.40. The Morgan fingerprint density at radius 2 is 2.15 bits per heavy atom. The highest BCUT2D eigenvalue weighted by atomic mass is 16.5. The molecule has 0 amide bonds. The average molecular weight is 368 g/mol. The van der Waals surface area contributed by atoms with Crippen LogP contribution in [0, 0.1) is 11.3 Å². The number of hydrogen-bond donors (Lipinski definition) is 2. The van der Waals surface area contributed by atoms with Gasteiger partial charge >= 0.3 is 0 Å². The van der Waals surface area contributed by atoms with Crippen LogP contribution >= 0.6 is 0 Å². The molecule has 0 aliphatic carbocycles. The van der Waals surface area contributed by atoms with Crippen LogP contribution in [0.25, 0.3) is 0 Å². The predicted octanol–water partition coefficient (Wildman–Crippen LogP) is 3.38. The molecule has 1 aromatic heterocycles. The summed E-state index contributed by atoms with van der Waals surface area (Å²) in [5.74, 6) is 1.37. The van der Waals surface area contributed by atoms with Gasteiger partial charge in [-0.25, -0.2) is 0 Å². The summed E-state index contributed by atoms with van der Waals surface area (Å²) in [6.07, 6.45) is 1.76. The van der Waals surface area contributed by atoms with E-state index >= 15 is 0 Å². The van der Waals surface area contributed by atoms with Crippen LogP contribution in [0.2, 0.25) is 0 Å². The first-order valence-electron chi connectivity index (χ1n) is 8.99. The molecule has 1 aromatic carbocycles. The van der Waals surface area contributed by atoms with Crippen molar-refractivity contribution < 1.29 is 14.2 Å². The van der Waals surface area contributed by atoms with Crippen LogP contribution in [0.15, 0.2) is 29.7 Å². The molecule has 3 N–H and O–H groups in total. The molecule has 0 radical (unpaired) electrons. The van der Waals surface area contributed by atoms with Crippen molar-refractivity contribution in [1.29, 1.82) is 5.26 Å². The Balaban J connectivity index is 2.14. The van der Waals surface area contributed by atoms with E-state index in [1.807, 2.05) is 32.0 Å². The lowest BCUT2D eigenvalue weighted by Crippen LogP contribution is -2.21. The van der Waals surface area contributed by atoms with E-state index in [2.05, 4.69) is 23.2 Å². The number of nitrogens with two attached hydrogens (primary N) is 1. The van der Waals surface area contributed by atoms with E-state index in [0.29, 0.717) is 23.0 Å². The van der Waals surface area contributed by atoms with Crippen molar-refractivity contribution >= 4 is 0 Å². The molecule has 2 heterocycles. The van der Waals surface area contributed by atoms with Crippen LogP contribution in [0.3, 0.4) is 0 Å². The zero-order valence-electron chi connectivity index (χ0n) is 16.0. The van der Waals surface area contributed by atoms with E-state index in [1.54, 1.807) is 7.11 Å². The maximum absolute atomic E-state index is 9.72. The van der Waals surface area contributed by atoms with Crippen molar-refractivity contribution in [2.24, 2.45) is 5.73 Å². The van der Waals surface area contributed by atoms with E-state index in [1.165, 1.54) is 0 Å². The van der Waals surface area contributed by atoms with E-state index in [9.17, 15) is 5.26 Å². The highest BCUT2D eigenvalue weighted by Crippen LogP contribution is 2.44. The van der Waals surface area contributed by atoms with Crippen molar-refractivity contribution in [3.8, 4) is 23.4 Å². The molecule has 27 heavy (non-hydrogen) atoms. The number of H-pyrrole nitrogens is 1. The quantitative estimate of drug-likeness (QED) is 0.809. The third kappa shape index (κ3) is 3.43. The summed E-state index contributed by atoms with van der Waals surface area (Å²) in [6.45, 7) is 6.00. The Morgan fingerprint density at radius 3 is 2.78 bits per heavy atom. The summed E-state index contributed by atoms with van der Waals surface area (Å²) in [5.41, 5.74) is 9.03. The summed E-state index contributed by atoms with van der Waals surface area (Å²) in [4.78, 5) is 0. The van der Waals surface area contributed by atoms with Crippen LogP contribution in [-0.4, -0.2) is 23.4 Å². The number of hydrogen-bond acceptors (Lipinski definition) is 6. The van der Waals surface area contributed by atoms with Crippen LogP contribution in [-0.2, 0) is 6.42 Å². The van der Waals surface area contributed by atoms with Gasteiger partial charge < -0.3 is 19.9 Å². The summed E-state index contributed by atoms with van der Waals surface area (Å²) in [5, 5.41) is 17.0. The number of allylic oxidation sites excluding steroid dienone is 1. The predicted molar refractivity (Wildman–Crippen MR) is 101 cm³/mol. The molecule has 0 spiro atoms. The fourth-order valence-corrected chi connectivity index (χ4v) is 3.30. The molecule has 0 saturated carbocycles. The minimum Gasteiger partial charge on any atom is -0.493 e. The highest BCUT2D eigenvalue weighted by Gasteiger charge is 2.35. The zero-order valence-corrected chi connectivity index (χ0v) is 16.0. The number of benzene rings is 1. The van der Waals surface area contributed by atoms with Crippen molar-refractivity contribution in [3.63, 3.8) is 0 Å². The molecule has 0 saturated heterocycles. The number of aromatic amines is 1. The number of nitrogens with one attached hydrogen (secondary N) is 1. The lowest BCUT2D eigenvalue weighted by molar-refractivity contribution is 0.230. The SMILES string of the molecule is CCCc1[nH]nc2c1[C@@H](c1ccc(OC(C)C)c(OC)c1)C(C#N)=C(N)O2. The number of rotatable bonds is 6. The first-order valence-corrected chi connectivity index (χ1v) is 8.99. The fraction of sp³-hybridized carbons (Fsp3) is 0.400. The van der Waals surface area contributed by atoms with Crippen molar-refractivity contribution in [2.75, 3.05) is 7.11 Å². The van der Waals surface area contributed by atoms with Gasteiger partial charge in [0.25, 0.3) is 0 Å². The van der Waals surface area contributed by atoms with Gasteiger partial charge in [0.2, 0.25) is 11.8 Å². The molecule has 1 aliphatic heterocycles. The average Bonchev–Trinajstić information content (AvgIpc) is 3.03. The van der Waals surface area contributed by atoms with Crippen LogP contribution in [0.1, 0.15) is 49.9 Å². The largest absolute Gasteiger partial charge is 0.493 e. The normalized spacial score (nSPS) is 15.9. The highest BCUT2D eigenvalue weighted by molar-refractivity contribution is 5.57. The minimum atomic E-state index is -0.374.